The number of nitrogens with zero attached hydrogens (tertiary/aromatic N) is 1. The number of hydrogen-bond acceptors (Lipinski definition) is 3. The summed E-state index contributed by atoms with van der Waals surface area (Å²) in [7, 11) is -3.36. The average Bonchev–Trinajstić information content (AvgIpc) is 2.76. The molecule has 1 saturated heterocycles. The Bertz CT molecular complexity index is 529. The van der Waals surface area contributed by atoms with Gasteiger partial charge in [0.1, 0.15) is 0 Å². The quantitative estimate of drug-likeness (QED) is 0.924. The Kier molecular flexibility index (Phi) is 6.01. The van der Waals surface area contributed by atoms with Gasteiger partial charge in [0, 0.05) is 19.1 Å². The summed E-state index contributed by atoms with van der Waals surface area (Å²) >= 11 is 0. The van der Waals surface area contributed by atoms with Crippen LogP contribution in [-0.2, 0) is 16.4 Å². The van der Waals surface area contributed by atoms with Crippen LogP contribution in [-0.4, -0.2) is 31.9 Å². The molecule has 0 aliphatic carbocycles. The Balaban J connectivity index is 0.00000200. The molecule has 1 aromatic carbocycles. The van der Waals surface area contributed by atoms with Gasteiger partial charge in [-0.2, -0.15) is 4.31 Å². The van der Waals surface area contributed by atoms with Crippen molar-refractivity contribution >= 4 is 22.4 Å². The largest absolute Gasteiger partial charge is 0.326 e. The van der Waals surface area contributed by atoms with E-state index in [2.05, 4.69) is 13.8 Å². The molecule has 0 saturated carbocycles. The lowest BCUT2D eigenvalue weighted by Crippen LogP contribution is -2.31. The first kappa shape index (κ1) is 17.4. The minimum absolute atomic E-state index is 0. The number of benzene rings is 1. The summed E-state index contributed by atoms with van der Waals surface area (Å²) in [5.74, 6) is 0.569. The first-order valence-corrected chi connectivity index (χ1v) is 8.18. The van der Waals surface area contributed by atoms with Gasteiger partial charge in [-0.1, -0.05) is 26.0 Å². The van der Waals surface area contributed by atoms with Gasteiger partial charge in [-0.25, -0.2) is 8.42 Å². The van der Waals surface area contributed by atoms with Crippen LogP contribution < -0.4 is 5.73 Å². The van der Waals surface area contributed by atoms with Crippen LogP contribution in [0.25, 0.3) is 0 Å². The molecule has 6 heteroatoms. The molecule has 2 N–H and O–H groups in total. The minimum Gasteiger partial charge on any atom is -0.326 e. The molecule has 1 unspecified atom stereocenters. The lowest BCUT2D eigenvalue weighted by molar-refractivity contribution is 0.472. The normalized spacial score (nSPS) is 20.1. The molecule has 0 bridgehead atoms. The maximum Gasteiger partial charge on any atom is 0.243 e. The molecule has 114 valence electrons. The molecule has 0 spiro atoms. The SMILES string of the molecule is CC(C)Cc1ccc(S(=O)(=O)N2CCC(N)C2)cc1.Cl. The zero-order chi connectivity index (χ0) is 14.0. The van der Waals surface area contributed by atoms with Crippen molar-refractivity contribution in [3.63, 3.8) is 0 Å². The lowest BCUT2D eigenvalue weighted by Gasteiger charge is -2.16. The highest BCUT2D eigenvalue weighted by Crippen LogP contribution is 2.21. The van der Waals surface area contributed by atoms with Crippen LogP contribution in [0, 0.1) is 5.92 Å². The van der Waals surface area contributed by atoms with E-state index in [1.807, 2.05) is 12.1 Å². The zero-order valence-electron chi connectivity index (χ0n) is 12.0. The summed E-state index contributed by atoms with van der Waals surface area (Å²) in [5.41, 5.74) is 6.95. The third-order valence-corrected chi connectivity index (χ3v) is 5.27. The predicted molar refractivity (Wildman–Crippen MR) is 83.6 cm³/mol. The third-order valence-electron chi connectivity index (χ3n) is 3.39. The molecule has 2 rings (SSSR count). The van der Waals surface area contributed by atoms with Gasteiger partial charge < -0.3 is 5.73 Å². The molecule has 1 aromatic rings. The van der Waals surface area contributed by atoms with E-state index >= 15 is 0 Å². The fourth-order valence-electron chi connectivity index (χ4n) is 2.39. The van der Waals surface area contributed by atoms with Crippen LogP contribution in [0.15, 0.2) is 29.2 Å². The molecule has 1 aliphatic heterocycles. The Morgan fingerprint density at radius 2 is 1.90 bits per heavy atom. The summed E-state index contributed by atoms with van der Waals surface area (Å²) in [6.07, 6.45) is 1.71. The number of nitrogens with two attached hydrogens (primary N) is 1. The number of hydrogen-bond donors (Lipinski definition) is 1. The minimum atomic E-state index is -3.36. The molecular formula is C14H23ClN2O2S. The van der Waals surface area contributed by atoms with E-state index in [0.29, 0.717) is 23.9 Å². The Labute approximate surface area is 127 Å². The summed E-state index contributed by atoms with van der Waals surface area (Å²) in [6.45, 7) is 5.25. The third kappa shape index (κ3) is 3.95. The van der Waals surface area contributed by atoms with Crippen molar-refractivity contribution in [3.8, 4) is 0 Å². The maximum absolute atomic E-state index is 12.4. The molecule has 0 radical (unpaired) electrons. The number of sulfonamides is 1. The highest BCUT2D eigenvalue weighted by molar-refractivity contribution is 7.89. The van der Waals surface area contributed by atoms with E-state index in [4.69, 9.17) is 5.73 Å². The van der Waals surface area contributed by atoms with Gasteiger partial charge in [0.15, 0.2) is 0 Å². The standard InChI is InChI=1S/C14H22N2O2S.ClH/c1-11(2)9-12-3-5-14(6-4-12)19(17,18)16-8-7-13(15)10-16;/h3-6,11,13H,7-10,15H2,1-2H3;1H. The molecule has 0 aromatic heterocycles. The second-order valence-corrected chi connectivity index (χ2v) is 7.59. The molecule has 4 nitrogen and oxygen atoms in total. The molecule has 1 heterocycles. The van der Waals surface area contributed by atoms with E-state index in [0.717, 1.165) is 12.8 Å². The van der Waals surface area contributed by atoms with E-state index in [1.165, 1.54) is 9.87 Å². The van der Waals surface area contributed by atoms with Gasteiger partial charge in [-0.3, -0.25) is 0 Å². The molecule has 1 aliphatic rings. The van der Waals surface area contributed by atoms with Gasteiger partial charge in [-0.05, 0) is 36.5 Å². The first-order valence-electron chi connectivity index (χ1n) is 6.74. The van der Waals surface area contributed by atoms with Crippen LogP contribution in [0.5, 0.6) is 0 Å². The number of halogens is 1. The van der Waals surface area contributed by atoms with Gasteiger partial charge in [-0.15, -0.1) is 12.4 Å². The van der Waals surface area contributed by atoms with E-state index in [1.54, 1.807) is 12.1 Å². The van der Waals surface area contributed by atoms with Gasteiger partial charge in [0.2, 0.25) is 10.0 Å². The van der Waals surface area contributed by atoms with Crippen molar-refractivity contribution in [3.05, 3.63) is 29.8 Å². The molecule has 1 fully saturated rings. The van der Waals surface area contributed by atoms with E-state index in [9.17, 15) is 8.42 Å². The van der Waals surface area contributed by atoms with Crippen molar-refractivity contribution in [2.75, 3.05) is 13.1 Å². The second kappa shape index (κ2) is 6.89. The van der Waals surface area contributed by atoms with Crippen LogP contribution >= 0.6 is 12.4 Å². The summed E-state index contributed by atoms with van der Waals surface area (Å²) in [4.78, 5) is 0.370. The topological polar surface area (TPSA) is 63.4 Å². The number of rotatable bonds is 4. The van der Waals surface area contributed by atoms with Crippen molar-refractivity contribution in [1.29, 1.82) is 0 Å². The Morgan fingerprint density at radius 1 is 1.30 bits per heavy atom. The molecular weight excluding hydrogens is 296 g/mol. The molecule has 1 atom stereocenters. The fourth-order valence-corrected chi connectivity index (χ4v) is 3.90. The maximum atomic E-state index is 12.4. The first-order chi connectivity index (χ1) is 8.89. The van der Waals surface area contributed by atoms with Crippen molar-refractivity contribution < 1.29 is 8.42 Å². The van der Waals surface area contributed by atoms with Crippen molar-refractivity contribution in [2.45, 2.75) is 37.6 Å². The zero-order valence-corrected chi connectivity index (χ0v) is 13.6. The summed E-state index contributed by atoms with van der Waals surface area (Å²) in [5, 5.41) is 0. The predicted octanol–water partition coefficient (Wildman–Crippen LogP) is 2.03. The fraction of sp³-hybridized carbons (Fsp3) is 0.571. The van der Waals surface area contributed by atoms with Crippen LogP contribution in [0.4, 0.5) is 0 Å². The van der Waals surface area contributed by atoms with Gasteiger partial charge in [0.05, 0.1) is 4.90 Å². The lowest BCUT2D eigenvalue weighted by atomic mass is 10.0. The summed E-state index contributed by atoms with van der Waals surface area (Å²) in [6, 6.07) is 7.19. The van der Waals surface area contributed by atoms with Crippen LogP contribution in [0.2, 0.25) is 0 Å². The smallest absolute Gasteiger partial charge is 0.243 e. The van der Waals surface area contributed by atoms with Crippen molar-refractivity contribution in [1.82, 2.24) is 4.31 Å². The molecule has 20 heavy (non-hydrogen) atoms. The average molecular weight is 319 g/mol. The highest BCUT2D eigenvalue weighted by atomic mass is 35.5. The highest BCUT2D eigenvalue weighted by Gasteiger charge is 2.30. The van der Waals surface area contributed by atoms with Gasteiger partial charge in [0.25, 0.3) is 0 Å². The monoisotopic (exact) mass is 318 g/mol. The van der Waals surface area contributed by atoms with E-state index in [-0.39, 0.29) is 18.4 Å². The second-order valence-electron chi connectivity index (χ2n) is 5.65. The summed E-state index contributed by atoms with van der Waals surface area (Å²) < 4.78 is 26.2. The Morgan fingerprint density at radius 3 is 2.35 bits per heavy atom. The van der Waals surface area contributed by atoms with Crippen LogP contribution in [0.3, 0.4) is 0 Å². The van der Waals surface area contributed by atoms with Crippen molar-refractivity contribution in [2.24, 2.45) is 11.7 Å². The van der Waals surface area contributed by atoms with Gasteiger partial charge >= 0.3 is 0 Å². The van der Waals surface area contributed by atoms with Crippen LogP contribution in [0.1, 0.15) is 25.8 Å². The Hall–Kier alpha value is -0.620. The van der Waals surface area contributed by atoms with E-state index < -0.39 is 10.0 Å². The molecule has 0 amide bonds.